The molecule has 0 aromatic heterocycles. The molecular weight excluding hydrogens is 412 g/mol. The minimum absolute atomic E-state index is 0.136. The fraction of sp³-hybridized carbons (Fsp3) is 0.381. The predicted molar refractivity (Wildman–Crippen MR) is 113 cm³/mol. The molecule has 8 heteroatoms. The first-order chi connectivity index (χ1) is 13.8. The number of carbonyl (C=O) groups is 1. The zero-order valence-electron chi connectivity index (χ0n) is 16.5. The molecule has 0 spiro atoms. The third kappa shape index (κ3) is 5.10. The molecule has 3 rings (SSSR count). The van der Waals surface area contributed by atoms with E-state index in [-0.39, 0.29) is 23.3 Å². The van der Waals surface area contributed by atoms with Crippen LogP contribution in [-0.2, 0) is 21.4 Å². The fourth-order valence-corrected chi connectivity index (χ4v) is 5.13. The molecular formula is C21H25ClN2O4S. The van der Waals surface area contributed by atoms with Crippen molar-refractivity contribution >= 4 is 27.5 Å². The largest absolute Gasteiger partial charge is 0.497 e. The van der Waals surface area contributed by atoms with Gasteiger partial charge < -0.3 is 10.1 Å². The summed E-state index contributed by atoms with van der Waals surface area (Å²) in [6, 6.07) is 12.2. The Morgan fingerprint density at radius 1 is 1.24 bits per heavy atom. The van der Waals surface area contributed by atoms with Crippen molar-refractivity contribution in [1.82, 2.24) is 9.62 Å². The maximum atomic E-state index is 13.0. The lowest BCUT2D eigenvalue weighted by Gasteiger charge is -2.31. The Bertz CT molecular complexity index is 977. The van der Waals surface area contributed by atoms with Crippen molar-refractivity contribution in [3.8, 4) is 5.75 Å². The molecule has 1 saturated heterocycles. The molecule has 0 radical (unpaired) electrons. The van der Waals surface area contributed by atoms with E-state index in [2.05, 4.69) is 5.32 Å². The Morgan fingerprint density at radius 3 is 2.62 bits per heavy atom. The van der Waals surface area contributed by atoms with Gasteiger partial charge in [0.05, 0.1) is 17.9 Å². The first-order valence-corrected chi connectivity index (χ1v) is 11.3. The normalized spacial score (nSPS) is 17.7. The van der Waals surface area contributed by atoms with E-state index in [4.69, 9.17) is 16.3 Å². The van der Waals surface area contributed by atoms with Gasteiger partial charge in [-0.1, -0.05) is 29.8 Å². The van der Waals surface area contributed by atoms with Gasteiger partial charge >= 0.3 is 0 Å². The van der Waals surface area contributed by atoms with Gasteiger partial charge in [0.15, 0.2) is 0 Å². The molecule has 1 fully saturated rings. The van der Waals surface area contributed by atoms with Crippen molar-refractivity contribution in [1.29, 1.82) is 0 Å². The second-order valence-electron chi connectivity index (χ2n) is 7.18. The number of ether oxygens (including phenoxy) is 1. The van der Waals surface area contributed by atoms with Gasteiger partial charge in [0.2, 0.25) is 15.9 Å². The lowest BCUT2D eigenvalue weighted by Crippen LogP contribution is -2.45. The van der Waals surface area contributed by atoms with Gasteiger partial charge in [0, 0.05) is 24.7 Å². The molecule has 0 aliphatic carbocycles. The highest BCUT2D eigenvalue weighted by Crippen LogP contribution is 2.27. The van der Waals surface area contributed by atoms with Gasteiger partial charge in [-0.05, 0) is 55.2 Å². The van der Waals surface area contributed by atoms with E-state index >= 15 is 0 Å². The summed E-state index contributed by atoms with van der Waals surface area (Å²) in [7, 11) is -2.09. The van der Waals surface area contributed by atoms with E-state index < -0.39 is 10.0 Å². The number of carbonyl (C=O) groups excluding carboxylic acids is 1. The third-order valence-electron chi connectivity index (χ3n) is 5.16. The third-order valence-corrected chi connectivity index (χ3v) is 7.43. The van der Waals surface area contributed by atoms with Gasteiger partial charge in [-0.3, -0.25) is 4.79 Å². The van der Waals surface area contributed by atoms with Crippen molar-refractivity contribution in [3.63, 3.8) is 0 Å². The number of methoxy groups -OCH3 is 1. The van der Waals surface area contributed by atoms with Crippen LogP contribution in [0, 0.1) is 12.8 Å². The SMILES string of the molecule is COc1ccc(CNC(=O)[C@@H]2CCCN(S(=O)(=O)c3ccc(C)c(Cl)c3)C2)cc1. The van der Waals surface area contributed by atoms with Crippen molar-refractivity contribution in [3.05, 3.63) is 58.6 Å². The number of piperidine rings is 1. The van der Waals surface area contributed by atoms with Crippen LogP contribution in [0.5, 0.6) is 5.75 Å². The molecule has 1 aliphatic heterocycles. The van der Waals surface area contributed by atoms with Crippen LogP contribution >= 0.6 is 11.6 Å². The molecule has 0 unspecified atom stereocenters. The molecule has 1 atom stereocenters. The van der Waals surface area contributed by atoms with E-state index in [1.165, 1.54) is 10.4 Å². The maximum absolute atomic E-state index is 13.0. The standard InChI is InChI=1S/C21H25ClN2O4S/c1-15-5-10-19(12-20(15)22)29(26,27)24-11-3-4-17(14-24)21(25)23-13-16-6-8-18(28-2)9-7-16/h5-10,12,17H,3-4,11,13-14H2,1-2H3,(H,23,25)/t17-/m1/s1. The molecule has 1 N–H and O–H groups in total. The van der Waals surface area contributed by atoms with Crippen molar-refractivity contribution < 1.29 is 17.9 Å². The van der Waals surface area contributed by atoms with Crippen molar-refractivity contribution in [2.75, 3.05) is 20.2 Å². The number of benzene rings is 2. The van der Waals surface area contributed by atoms with Crippen molar-refractivity contribution in [2.24, 2.45) is 5.92 Å². The van der Waals surface area contributed by atoms with Crippen LogP contribution in [0.1, 0.15) is 24.0 Å². The number of amides is 1. The van der Waals surface area contributed by atoms with Crippen LogP contribution < -0.4 is 10.1 Å². The van der Waals surface area contributed by atoms with Crippen LogP contribution in [-0.4, -0.2) is 38.8 Å². The summed E-state index contributed by atoms with van der Waals surface area (Å²) in [4.78, 5) is 12.8. The maximum Gasteiger partial charge on any atom is 0.243 e. The topological polar surface area (TPSA) is 75.7 Å². The number of rotatable bonds is 6. The number of nitrogens with one attached hydrogen (secondary N) is 1. The number of nitrogens with zero attached hydrogens (tertiary/aromatic N) is 1. The summed E-state index contributed by atoms with van der Waals surface area (Å²) in [6.07, 6.45) is 1.30. The Hall–Kier alpha value is -2.09. The number of halogens is 1. The molecule has 0 saturated carbocycles. The van der Waals surface area contributed by atoms with Gasteiger partial charge in [-0.2, -0.15) is 4.31 Å². The molecule has 1 aliphatic rings. The quantitative estimate of drug-likeness (QED) is 0.753. The zero-order chi connectivity index (χ0) is 21.0. The summed E-state index contributed by atoms with van der Waals surface area (Å²) in [6.45, 7) is 2.78. The first kappa shape index (κ1) is 21.6. The highest BCUT2D eigenvalue weighted by molar-refractivity contribution is 7.89. The Balaban J connectivity index is 1.64. The monoisotopic (exact) mass is 436 g/mol. The summed E-state index contributed by atoms with van der Waals surface area (Å²) in [5, 5.41) is 3.33. The van der Waals surface area contributed by atoms with Gasteiger partial charge in [0.25, 0.3) is 0 Å². The van der Waals surface area contributed by atoms with E-state index in [0.717, 1.165) is 16.9 Å². The Labute approximate surface area is 176 Å². The molecule has 0 bridgehead atoms. The molecule has 156 valence electrons. The molecule has 2 aromatic carbocycles. The number of hydrogen-bond donors (Lipinski definition) is 1. The zero-order valence-corrected chi connectivity index (χ0v) is 18.1. The average Bonchev–Trinajstić information content (AvgIpc) is 2.74. The first-order valence-electron chi connectivity index (χ1n) is 9.48. The van der Waals surface area contributed by atoms with E-state index in [0.29, 0.717) is 31.0 Å². The lowest BCUT2D eigenvalue weighted by molar-refractivity contribution is -0.126. The van der Waals surface area contributed by atoms with Crippen LogP contribution in [0.25, 0.3) is 0 Å². The van der Waals surface area contributed by atoms with Crippen LogP contribution in [0.15, 0.2) is 47.4 Å². The van der Waals surface area contributed by atoms with E-state index in [1.54, 1.807) is 19.2 Å². The van der Waals surface area contributed by atoms with Crippen LogP contribution in [0.3, 0.4) is 0 Å². The Morgan fingerprint density at radius 2 is 1.97 bits per heavy atom. The molecule has 29 heavy (non-hydrogen) atoms. The molecule has 6 nitrogen and oxygen atoms in total. The minimum atomic E-state index is -3.69. The van der Waals surface area contributed by atoms with Gasteiger partial charge in [0.1, 0.15) is 5.75 Å². The van der Waals surface area contributed by atoms with Crippen LogP contribution in [0.2, 0.25) is 5.02 Å². The Kier molecular flexibility index (Phi) is 6.82. The number of hydrogen-bond acceptors (Lipinski definition) is 4. The van der Waals surface area contributed by atoms with Crippen LogP contribution in [0.4, 0.5) is 0 Å². The number of aryl methyl sites for hydroxylation is 1. The average molecular weight is 437 g/mol. The summed E-state index contributed by atoms with van der Waals surface area (Å²) in [5.74, 6) is 0.241. The van der Waals surface area contributed by atoms with Gasteiger partial charge in [-0.25, -0.2) is 8.42 Å². The molecule has 2 aromatic rings. The van der Waals surface area contributed by atoms with Crippen molar-refractivity contribution in [2.45, 2.75) is 31.2 Å². The fourth-order valence-electron chi connectivity index (χ4n) is 3.33. The predicted octanol–water partition coefficient (Wildman–Crippen LogP) is 3.37. The minimum Gasteiger partial charge on any atom is -0.497 e. The lowest BCUT2D eigenvalue weighted by atomic mass is 9.99. The van der Waals surface area contributed by atoms with E-state index in [1.807, 2.05) is 31.2 Å². The highest BCUT2D eigenvalue weighted by Gasteiger charge is 2.33. The molecule has 1 heterocycles. The van der Waals surface area contributed by atoms with E-state index in [9.17, 15) is 13.2 Å². The second-order valence-corrected chi connectivity index (χ2v) is 9.52. The second kappa shape index (κ2) is 9.15. The summed E-state index contributed by atoms with van der Waals surface area (Å²) in [5.41, 5.74) is 1.77. The van der Waals surface area contributed by atoms with Gasteiger partial charge in [-0.15, -0.1) is 0 Å². The number of sulfonamides is 1. The summed E-state index contributed by atoms with van der Waals surface area (Å²) < 4.78 is 32.5. The summed E-state index contributed by atoms with van der Waals surface area (Å²) >= 11 is 6.10. The highest BCUT2D eigenvalue weighted by atomic mass is 35.5. The smallest absolute Gasteiger partial charge is 0.243 e. The molecule has 1 amide bonds.